The molecule has 1 N–H and O–H groups in total. The Balaban J connectivity index is 1.97. The van der Waals surface area contributed by atoms with E-state index in [0.29, 0.717) is 23.4 Å². The summed E-state index contributed by atoms with van der Waals surface area (Å²) >= 11 is 0. The molecule has 7 heteroatoms. The van der Waals surface area contributed by atoms with Crippen molar-refractivity contribution in [1.82, 2.24) is 19.0 Å². The molecule has 0 saturated heterocycles. The van der Waals surface area contributed by atoms with Gasteiger partial charge < -0.3 is 23.8 Å². The van der Waals surface area contributed by atoms with E-state index in [1.165, 1.54) is 4.57 Å². The number of aromatic amines is 1. The maximum Gasteiger partial charge on any atom is 0.294 e. The zero-order chi connectivity index (χ0) is 23.0. The first-order valence-corrected chi connectivity index (χ1v) is 10.6. The van der Waals surface area contributed by atoms with Crippen LogP contribution >= 0.6 is 0 Å². The number of aryl methyl sites for hydroxylation is 3. The third-order valence-electron chi connectivity index (χ3n) is 5.71. The molecule has 0 spiro atoms. The van der Waals surface area contributed by atoms with E-state index in [4.69, 9.17) is 4.74 Å². The number of hydrogen-bond acceptors (Lipinski definition) is 4. The number of hydrogen-bond donors (Lipinski definition) is 1. The number of benzene rings is 1. The Hall–Kier alpha value is -3.58. The topological polar surface area (TPSA) is 72.3 Å². The highest BCUT2D eigenvalue weighted by molar-refractivity contribution is 5.95. The number of H-pyrrole nitrogens is 1. The zero-order valence-electron chi connectivity index (χ0n) is 19.1. The van der Waals surface area contributed by atoms with Gasteiger partial charge >= 0.3 is 0 Å². The molecule has 166 valence electrons. The summed E-state index contributed by atoms with van der Waals surface area (Å²) in [6, 6.07) is 9.64. The molecule has 0 saturated carbocycles. The maximum absolute atomic E-state index is 13.6. The summed E-state index contributed by atoms with van der Waals surface area (Å²) in [5.74, 6) is 0.927. The molecular weight excluding hydrogens is 404 g/mol. The van der Waals surface area contributed by atoms with Crippen molar-refractivity contribution in [2.24, 2.45) is 7.05 Å². The predicted octanol–water partition coefficient (Wildman–Crippen LogP) is 3.67. The van der Waals surface area contributed by atoms with Crippen LogP contribution in [0.4, 0.5) is 0 Å². The third-order valence-corrected chi connectivity index (χ3v) is 5.71. The summed E-state index contributed by atoms with van der Waals surface area (Å²) in [7, 11) is 5.65. The number of para-hydroxylation sites is 1. The Morgan fingerprint density at radius 1 is 0.969 bits per heavy atom. The van der Waals surface area contributed by atoms with Crippen LogP contribution in [0.3, 0.4) is 0 Å². The second-order valence-corrected chi connectivity index (χ2v) is 8.41. The van der Waals surface area contributed by atoms with Crippen LogP contribution in [0.1, 0.15) is 11.1 Å². The molecule has 0 aliphatic heterocycles. The zero-order valence-corrected chi connectivity index (χ0v) is 19.1. The molecule has 32 heavy (non-hydrogen) atoms. The van der Waals surface area contributed by atoms with Gasteiger partial charge in [0.05, 0.1) is 0 Å². The van der Waals surface area contributed by atoms with E-state index >= 15 is 0 Å². The fraction of sp³-hybridized carbons (Fsp3) is 0.280. The van der Waals surface area contributed by atoms with Crippen LogP contribution in [0.15, 0.2) is 58.5 Å². The number of nitrogens with zero attached hydrogens (tertiary/aromatic N) is 3. The molecule has 3 heterocycles. The van der Waals surface area contributed by atoms with Crippen LogP contribution in [-0.4, -0.2) is 39.7 Å². The van der Waals surface area contributed by atoms with Crippen molar-refractivity contribution in [2.45, 2.75) is 20.4 Å². The first-order chi connectivity index (χ1) is 15.3. The van der Waals surface area contributed by atoms with Gasteiger partial charge in [0, 0.05) is 55.2 Å². The lowest BCUT2D eigenvalue weighted by atomic mass is 10.0. The largest absolute Gasteiger partial charge is 0.450 e. The third kappa shape index (κ3) is 3.87. The summed E-state index contributed by atoms with van der Waals surface area (Å²) in [4.78, 5) is 31.2. The van der Waals surface area contributed by atoms with E-state index < -0.39 is 0 Å². The average molecular weight is 433 g/mol. The van der Waals surface area contributed by atoms with E-state index in [1.807, 2.05) is 63.2 Å². The number of pyridine rings is 2. The molecule has 0 bridgehead atoms. The highest BCUT2D eigenvalue weighted by atomic mass is 16.5. The Labute approximate surface area is 186 Å². The van der Waals surface area contributed by atoms with E-state index in [0.717, 1.165) is 28.6 Å². The summed E-state index contributed by atoms with van der Waals surface area (Å²) in [6.45, 7) is 5.20. The van der Waals surface area contributed by atoms with Gasteiger partial charge in [0.2, 0.25) is 0 Å². The van der Waals surface area contributed by atoms with E-state index in [9.17, 15) is 9.59 Å². The molecule has 0 unspecified atom stereocenters. The highest BCUT2D eigenvalue weighted by Crippen LogP contribution is 2.36. The van der Waals surface area contributed by atoms with Crippen molar-refractivity contribution >= 4 is 10.9 Å². The van der Waals surface area contributed by atoms with E-state index in [1.54, 1.807) is 30.2 Å². The Morgan fingerprint density at radius 2 is 1.69 bits per heavy atom. The lowest BCUT2D eigenvalue weighted by Gasteiger charge is -2.18. The second-order valence-electron chi connectivity index (χ2n) is 8.41. The van der Waals surface area contributed by atoms with Crippen LogP contribution in [0.2, 0.25) is 0 Å². The summed E-state index contributed by atoms with van der Waals surface area (Å²) in [5.41, 5.74) is 3.49. The van der Waals surface area contributed by atoms with Crippen LogP contribution < -0.4 is 15.9 Å². The molecule has 3 aromatic heterocycles. The van der Waals surface area contributed by atoms with Crippen molar-refractivity contribution in [2.75, 3.05) is 20.6 Å². The number of likely N-dealkylation sites (N-methyl/N-ethyl adjacent to an activating group) is 1. The quantitative estimate of drug-likeness (QED) is 0.505. The molecule has 0 amide bonds. The number of aromatic nitrogens is 3. The minimum Gasteiger partial charge on any atom is -0.450 e. The molecule has 0 radical (unpaired) electrons. The molecule has 0 fully saturated rings. The van der Waals surface area contributed by atoms with Crippen molar-refractivity contribution in [3.63, 3.8) is 0 Å². The lowest BCUT2D eigenvalue weighted by Crippen LogP contribution is -2.27. The van der Waals surface area contributed by atoms with Crippen LogP contribution in [0.25, 0.3) is 22.0 Å². The molecule has 0 aliphatic carbocycles. The lowest BCUT2D eigenvalue weighted by molar-refractivity contribution is 0.377. The summed E-state index contributed by atoms with van der Waals surface area (Å²) in [6.07, 6.45) is 5.29. The van der Waals surface area contributed by atoms with Gasteiger partial charge in [-0.3, -0.25) is 9.59 Å². The van der Waals surface area contributed by atoms with Crippen molar-refractivity contribution in [3.05, 3.63) is 80.8 Å². The first-order valence-electron chi connectivity index (χ1n) is 10.6. The summed E-state index contributed by atoms with van der Waals surface area (Å²) in [5, 5.41) is 0.755. The molecule has 0 atom stereocenters. The predicted molar refractivity (Wildman–Crippen MR) is 128 cm³/mol. The fourth-order valence-corrected chi connectivity index (χ4v) is 3.89. The normalized spacial score (nSPS) is 11.4. The Morgan fingerprint density at radius 3 is 2.38 bits per heavy atom. The highest BCUT2D eigenvalue weighted by Gasteiger charge is 2.20. The van der Waals surface area contributed by atoms with Gasteiger partial charge in [-0.15, -0.1) is 0 Å². The molecular formula is C25H28N4O3. The minimum atomic E-state index is -0.204. The summed E-state index contributed by atoms with van der Waals surface area (Å²) < 4.78 is 9.55. The van der Waals surface area contributed by atoms with Crippen LogP contribution in [0, 0.1) is 13.8 Å². The van der Waals surface area contributed by atoms with E-state index in [-0.39, 0.29) is 16.9 Å². The average Bonchev–Trinajstić information content (AvgIpc) is 3.24. The Kier molecular flexibility index (Phi) is 5.76. The number of nitrogens with one attached hydrogen (secondary N) is 1. The number of fused-ring (bicyclic) bond motifs is 1. The first kappa shape index (κ1) is 21.6. The van der Waals surface area contributed by atoms with Crippen molar-refractivity contribution < 1.29 is 4.74 Å². The molecule has 4 rings (SSSR count). The SMILES string of the molecule is Cc1cccc(C)c1Oc1c(-c2cn(C)c(=O)c3[nH]ccc23)ccn(CCN(C)C)c1=O. The molecule has 1 aromatic carbocycles. The smallest absolute Gasteiger partial charge is 0.294 e. The molecule has 0 aliphatic rings. The molecule has 4 aromatic rings. The second kappa shape index (κ2) is 8.51. The van der Waals surface area contributed by atoms with Gasteiger partial charge in [0.15, 0.2) is 5.75 Å². The van der Waals surface area contributed by atoms with Gasteiger partial charge in [0.1, 0.15) is 11.3 Å². The standard InChI is InChI=1S/C25H28N4O3/c1-16-7-6-8-17(2)22(16)32-23-19(10-12-29(25(23)31)14-13-27(3)4)20-15-28(5)24(30)21-18(20)9-11-26-21/h6-12,15,26H,13-14H2,1-5H3. The number of rotatable bonds is 6. The van der Waals surface area contributed by atoms with Gasteiger partial charge in [-0.05, 0) is 51.2 Å². The van der Waals surface area contributed by atoms with Crippen molar-refractivity contribution in [3.8, 4) is 22.6 Å². The van der Waals surface area contributed by atoms with Crippen LogP contribution in [0.5, 0.6) is 11.5 Å². The van der Waals surface area contributed by atoms with Gasteiger partial charge in [-0.2, -0.15) is 0 Å². The molecule has 7 nitrogen and oxygen atoms in total. The number of ether oxygens (including phenoxy) is 1. The maximum atomic E-state index is 13.6. The monoisotopic (exact) mass is 432 g/mol. The fourth-order valence-electron chi connectivity index (χ4n) is 3.89. The Bertz CT molecular complexity index is 1390. The van der Waals surface area contributed by atoms with E-state index in [2.05, 4.69) is 4.98 Å². The van der Waals surface area contributed by atoms with Gasteiger partial charge in [-0.25, -0.2) is 0 Å². The van der Waals surface area contributed by atoms with Crippen molar-refractivity contribution in [1.29, 1.82) is 0 Å². The van der Waals surface area contributed by atoms with Gasteiger partial charge in [0.25, 0.3) is 11.1 Å². The minimum absolute atomic E-state index is 0.120. The van der Waals surface area contributed by atoms with Gasteiger partial charge in [-0.1, -0.05) is 18.2 Å². The van der Waals surface area contributed by atoms with Crippen LogP contribution in [-0.2, 0) is 13.6 Å².